The number of H-pyrrole nitrogens is 1. The van der Waals surface area contributed by atoms with Gasteiger partial charge in [0.25, 0.3) is 0 Å². The molecule has 3 rings (SSSR count). The van der Waals surface area contributed by atoms with E-state index in [-0.39, 0.29) is 6.04 Å². The van der Waals surface area contributed by atoms with Crippen LogP contribution >= 0.6 is 27.5 Å². The monoisotopic (exact) mass is 369 g/mol. The summed E-state index contributed by atoms with van der Waals surface area (Å²) in [4.78, 5) is 6.68. The Hall–Kier alpha value is -1.11. The number of nitrogens with zero attached hydrogens (tertiary/aromatic N) is 3. The smallest absolute Gasteiger partial charge is 0.245 e. The van der Waals surface area contributed by atoms with Crippen molar-refractivity contribution >= 4 is 33.5 Å². The van der Waals surface area contributed by atoms with Crippen LogP contribution in [0, 0.1) is 5.92 Å². The van der Waals surface area contributed by atoms with E-state index in [1.807, 2.05) is 18.2 Å². The number of aromatic nitrogens is 3. The molecule has 1 fully saturated rings. The third-order valence-corrected chi connectivity index (χ3v) is 4.77. The highest BCUT2D eigenvalue weighted by Crippen LogP contribution is 2.29. The van der Waals surface area contributed by atoms with Crippen molar-refractivity contribution in [3.8, 4) is 11.4 Å². The van der Waals surface area contributed by atoms with Crippen LogP contribution in [0.25, 0.3) is 11.4 Å². The standard InChI is InChI=1S/C14H17BrClN5/c1-8-4-5-21(7-12(8)17)14-18-13(19-20-14)10-3-2-9(15)6-11(10)16/h2-3,6,8,12H,4-5,7,17H2,1H3,(H,18,19,20). The highest BCUT2D eigenvalue weighted by molar-refractivity contribution is 9.10. The zero-order valence-electron chi connectivity index (χ0n) is 11.7. The molecule has 3 N–H and O–H groups in total. The van der Waals surface area contributed by atoms with Gasteiger partial charge in [0.15, 0.2) is 5.82 Å². The van der Waals surface area contributed by atoms with Crippen LogP contribution in [0.3, 0.4) is 0 Å². The van der Waals surface area contributed by atoms with Crippen molar-refractivity contribution < 1.29 is 0 Å². The molecule has 2 heterocycles. The van der Waals surface area contributed by atoms with E-state index < -0.39 is 0 Å². The van der Waals surface area contributed by atoms with Gasteiger partial charge in [-0.3, -0.25) is 5.10 Å². The van der Waals surface area contributed by atoms with Gasteiger partial charge in [-0.1, -0.05) is 34.5 Å². The Kier molecular flexibility index (Phi) is 4.19. The van der Waals surface area contributed by atoms with Gasteiger partial charge in [0.05, 0.1) is 5.02 Å². The number of rotatable bonds is 2. The second kappa shape index (κ2) is 5.94. The summed E-state index contributed by atoms with van der Waals surface area (Å²) in [6, 6.07) is 5.86. The molecule has 1 aliphatic heterocycles. The summed E-state index contributed by atoms with van der Waals surface area (Å²) in [5, 5.41) is 7.90. The molecule has 2 unspecified atom stereocenters. The number of hydrogen-bond donors (Lipinski definition) is 2. The Morgan fingerprint density at radius 2 is 2.29 bits per heavy atom. The zero-order chi connectivity index (χ0) is 15.0. The fourth-order valence-electron chi connectivity index (χ4n) is 2.48. The maximum Gasteiger partial charge on any atom is 0.245 e. The number of nitrogens with two attached hydrogens (primary N) is 1. The van der Waals surface area contributed by atoms with Gasteiger partial charge in [-0.2, -0.15) is 4.98 Å². The van der Waals surface area contributed by atoms with Crippen molar-refractivity contribution in [3.05, 3.63) is 27.7 Å². The van der Waals surface area contributed by atoms with Gasteiger partial charge in [-0.15, -0.1) is 5.10 Å². The van der Waals surface area contributed by atoms with E-state index in [1.165, 1.54) is 0 Å². The highest BCUT2D eigenvalue weighted by atomic mass is 79.9. The molecule has 0 amide bonds. The summed E-state index contributed by atoms with van der Waals surface area (Å²) in [7, 11) is 0. The number of piperidine rings is 1. The normalized spacial score (nSPS) is 22.6. The van der Waals surface area contributed by atoms with Gasteiger partial charge in [0.1, 0.15) is 0 Å². The molecule has 1 aliphatic rings. The predicted octanol–water partition coefficient (Wildman–Crippen LogP) is 3.06. The summed E-state index contributed by atoms with van der Waals surface area (Å²) in [5.41, 5.74) is 6.97. The van der Waals surface area contributed by atoms with E-state index in [2.05, 4.69) is 42.9 Å². The van der Waals surface area contributed by atoms with Crippen LogP contribution in [0.1, 0.15) is 13.3 Å². The topological polar surface area (TPSA) is 70.8 Å². The van der Waals surface area contributed by atoms with Crippen LogP contribution in [0.2, 0.25) is 5.02 Å². The first kappa shape index (κ1) is 14.8. The molecule has 0 spiro atoms. The fraction of sp³-hybridized carbons (Fsp3) is 0.429. The molecule has 1 saturated heterocycles. The largest absolute Gasteiger partial charge is 0.338 e. The Morgan fingerprint density at radius 3 is 3.00 bits per heavy atom. The minimum atomic E-state index is 0.164. The number of aromatic amines is 1. The summed E-state index contributed by atoms with van der Waals surface area (Å²) >= 11 is 9.65. The van der Waals surface area contributed by atoms with Crippen molar-refractivity contribution in [3.63, 3.8) is 0 Å². The summed E-state index contributed by atoms with van der Waals surface area (Å²) in [5.74, 6) is 1.90. The average molecular weight is 371 g/mol. The molecule has 0 bridgehead atoms. The molecule has 5 nitrogen and oxygen atoms in total. The number of benzene rings is 1. The molecule has 0 saturated carbocycles. The minimum absolute atomic E-state index is 0.164. The number of halogens is 2. The molecule has 0 radical (unpaired) electrons. The molecular weight excluding hydrogens is 354 g/mol. The van der Waals surface area contributed by atoms with E-state index in [0.717, 1.165) is 29.5 Å². The molecule has 7 heteroatoms. The van der Waals surface area contributed by atoms with Gasteiger partial charge in [-0.05, 0) is 30.5 Å². The molecule has 112 valence electrons. The van der Waals surface area contributed by atoms with Gasteiger partial charge in [-0.25, -0.2) is 0 Å². The summed E-state index contributed by atoms with van der Waals surface area (Å²) < 4.78 is 0.937. The van der Waals surface area contributed by atoms with Crippen LogP contribution < -0.4 is 10.6 Å². The van der Waals surface area contributed by atoms with Gasteiger partial charge < -0.3 is 10.6 Å². The maximum atomic E-state index is 6.25. The highest BCUT2D eigenvalue weighted by Gasteiger charge is 2.25. The zero-order valence-corrected chi connectivity index (χ0v) is 14.0. The molecule has 2 aromatic rings. The van der Waals surface area contributed by atoms with Crippen LogP contribution in [-0.4, -0.2) is 34.3 Å². The van der Waals surface area contributed by atoms with Gasteiger partial charge >= 0.3 is 0 Å². The second-order valence-corrected chi connectivity index (χ2v) is 6.81. The second-order valence-electron chi connectivity index (χ2n) is 5.48. The van der Waals surface area contributed by atoms with Crippen molar-refractivity contribution in [1.29, 1.82) is 0 Å². The van der Waals surface area contributed by atoms with Crippen molar-refractivity contribution in [2.45, 2.75) is 19.4 Å². The summed E-state index contributed by atoms with van der Waals surface area (Å²) in [6.45, 7) is 3.90. The quantitative estimate of drug-likeness (QED) is 0.852. The van der Waals surface area contributed by atoms with E-state index in [0.29, 0.717) is 22.7 Å². The predicted molar refractivity (Wildman–Crippen MR) is 88.5 cm³/mol. The lowest BCUT2D eigenvalue weighted by Gasteiger charge is -2.34. The first-order valence-electron chi connectivity index (χ1n) is 6.93. The first-order valence-corrected chi connectivity index (χ1v) is 8.10. The minimum Gasteiger partial charge on any atom is -0.338 e. The fourth-order valence-corrected chi connectivity index (χ4v) is 3.24. The van der Waals surface area contributed by atoms with Crippen molar-refractivity contribution in [1.82, 2.24) is 15.2 Å². The molecular formula is C14H17BrClN5. The number of hydrogen-bond acceptors (Lipinski definition) is 4. The third kappa shape index (κ3) is 3.07. The van der Waals surface area contributed by atoms with Crippen LogP contribution in [0.4, 0.5) is 5.95 Å². The Morgan fingerprint density at radius 1 is 1.48 bits per heavy atom. The van der Waals surface area contributed by atoms with Crippen LogP contribution in [-0.2, 0) is 0 Å². The van der Waals surface area contributed by atoms with Gasteiger partial charge in [0.2, 0.25) is 5.95 Å². The van der Waals surface area contributed by atoms with E-state index >= 15 is 0 Å². The summed E-state index contributed by atoms with van der Waals surface area (Å²) in [6.07, 6.45) is 1.06. The number of anilines is 1. The van der Waals surface area contributed by atoms with E-state index in [1.54, 1.807) is 0 Å². The molecule has 1 aromatic carbocycles. The lowest BCUT2D eigenvalue weighted by Crippen LogP contribution is -2.48. The Balaban J connectivity index is 1.83. The lowest BCUT2D eigenvalue weighted by molar-refractivity contribution is 0.376. The Labute approximate surface area is 137 Å². The van der Waals surface area contributed by atoms with Crippen LogP contribution in [0.5, 0.6) is 0 Å². The lowest BCUT2D eigenvalue weighted by atomic mass is 9.95. The van der Waals surface area contributed by atoms with E-state index in [9.17, 15) is 0 Å². The first-order chi connectivity index (χ1) is 10.0. The van der Waals surface area contributed by atoms with Gasteiger partial charge in [0, 0.05) is 29.2 Å². The third-order valence-electron chi connectivity index (χ3n) is 3.96. The van der Waals surface area contributed by atoms with Crippen molar-refractivity contribution in [2.24, 2.45) is 11.7 Å². The molecule has 2 atom stereocenters. The Bertz CT molecular complexity index is 644. The maximum absolute atomic E-state index is 6.25. The van der Waals surface area contributed by atoms with E-state index in [4.69, 9.17) is 17.3 Å². The van der Waals surface area contributed by atoms with Crippen molar-refractivity contribution in [2.75, 3.05) is 18.0 Å². The average Bonchev–Trinajstić information content (AvgIpc) is 2.91. The SMILES string of the molecule is CC1CCN(c2n[nH]c(-c3ccc(Br)cc3Cl)n2)CC1N. The van der Waals surface area contributed by atoms with Crippen LogP contribution in [0.15, 0.2) is 22.7 Å². The molecule has 0 aliphatic carbocycles. The molecule has 1 aromatic heterocycles. The number of nitrogens with one attached hydrogen (secondary N) is 1. The molecule has 21 heavy (non-hydrogen) atoms.